The Morgan fingerprint density at radius 2 is 1.57 bits per heavy atom. The van der Waals surface area contributed by atoms with Crippen molar-refractivity contribution in [1.82, 2.24) is 5.43 Å². The van der Waals surface area contributed by atoms with Gasteiger partial charge in [0, 0.05) is 15.1 Å². The fourth-order valence-electron chi connectivity index (χ4n) is 2.40. The largest absolute Gasteiger partial charge is 0.489 e. The van der Waals surface area contributed by atoms with Gasteiger partial charge in [0.25, 0.3) is 5.91 Å². The quantitative estimate of drug-likeness (QED) is 0.374. The van der Waals surface area contributed by atoms with Gasteiger partial charge in [0.1, 0.15) is 12.4 Å². The first-order valence-corrected chi connectivity index (χ1v) is 9.76. The number of carbonyl (C=O) groups excluding carboxylic acids is 1. The van der Waals surface area contributed by atoms with Crippen molar-refractivity contribution in [2.75, 3.05) is 0 Å². The Labute approximate surface area is 177 Å². The van der Waals surface area contributed by atoms with E-state index in [4.69, 9.17) is 16.3 Å². The lowest BCUT2D eigenvalue weighted by atomic mass is 10.1. The molecular weight excluding hydrogens is 440 g/mol. The Morgan fingerprint density at radius 3 is 2.21 bits per heavy atom. The number of nitrogens with one attached hydrogen (secondary N) is 1. The summed E-state index contributed by atoms with van der Waals surface area (Å²) < 4.78 is 6.78. The molecule has 0 fully saturated rings. The molecule has 0 saturated heterocycles. The number of carbonyl (C=O) groups is 1. The van der Waals surface area contributed by atoms with Gasteiger partial charge in [-0.05, 0) is 66.6 Å². The molecule has 6 heteroatoms. The van der Waals surface area contributed by atoms with E-state index < -0.39 is 0 Å². The van der Waals surface area contributed by atoms with Gasteiger partial charge in [0.15, 0.2) is 0 Å². The van der Waals surface area contributed by atoms with Crippen molar-refractivity contribution in [3.05, 3.63) is 99.0 Å². The van der Waals surface area contributed by atoms with Crippen molar-refractivity contribution < 1.29 is 9.53 Å². The summed E-state index contributed by atoms with van der Waals surface area (Å²) in [5, 5.41) is 4.80. The van der Waals surface area contributed by atoms with E-state index in [0.29, 0.717) is 28.7 Å². The SMILES string of the molecule is C/C(=N/NC(=O)c1ccc(OCc2ccc(Br)cc2)cc1)c1ccc(Cl)cc1. The van der Waals surface area contributed by atoms with Crippen molar-refractivity contribution in [2.45, 2.75) is 13.5 Å². The monoisotopic (exact) mass is 456 g/mol. The normalized spacial score (nSPS) is 11.2. The van der Waals surface area contributed by atoms with Crippen LogP contribution in [0.2, 0.25) is 5.02 Å². The number of ether oxygens (including phenoxy) is 1. The lowest BCUT2D eigenvalue weighted by Crippen LogP contribution is -2.19. The van der Waals surface area contributed by atoms with Crippen LogP contribution in [0.4, 0.5) is 0 Å². The lowest BCUT2D eigenvalue weighted by molar-refractivity contribution is 0.0955. The molecule has 0 saturated carbocycles. The Bertz CT molecular complexity index is 969. The van der Waals surface area contributed by atoms with Crippen LogP contribution in [0.5, 0.6) is 5.75 Å². The van der Waals surface area contributed by atoms with E-state index in [9.17, 15) is 4.79 Å². The molecule has 0 spiro atoms. The zero-order valence-electron chi connectivity index (χ0n) is 15.2. The molecule has 1 N–H and O–H groups in total. The predicted octanol–water partition coefficient (Wildman–Crippen LogP) is 5.84. The third-order valence-corrected chi connectivity index (χ3v) is 4.80. The third-order valence-electron chi connectivity index (χ3n) is 4.02. The van der Waals surface area contributed by atoms with Crippen molar-refractivity contribution in [3.8, 4) is 5.75 Å². The molecule has 0 bridgehead atoms. The second-order valence-electron chi connectivity index (χ2n) is 6.08. The van der Waals surface area contributed by atoms with E-state index in [1.807, 2.05) is 43.3 Å². The Hall–Kier alpha value is -2.63. The maximum atomic E-state index is 12.3. The number of benzene rings is 3. The summed E-state index contributed by atoms with van der Waals surface area (Å²) in [4.78, 5) is 12.3. The smallest absolute Gasteiger partial charge is 0.271 e. The first-order chi connectivity index (χ1) is 13.5. The minimum atomic E-state index is -0.284. The third kappa shape index (κ3) is 5.68. The molecule has 3 aromatic carbocycles. The molecule has 0 aromatic heterocycles. The van der Waals surface area contributed by atoms with Gasteiger partial charge in [-0.2, -0.15) is 5.10 Å². The molecule has 0 atom stereocenters. The van der Waals surface area contributed by atoms with Crippen LogP contribution in [-0.2, 0) is 6.61 Å². The first kappa shape index (κ1) is 20.1. The topological polar surface area (TPSA) is 50.7 Å². The van der Waals surface area contributed by atoms with E-state index in [1.54, 1.807) is 36.4 Å². The average Bonchev–Trinajstić information content (AvgIpc) is 2.72. The molecule has 0 aliphatic heterocycles. The van der Waals surface area contributed by atoms with Crippen LogP contribution in [0.1, 0.15) is 28.4 Å². The minimum absolute atomic E-state index is 0.284. The van der Waals surface area contributed by atoms with Crippen LogP contribution in [0.25, 0.3) is 0 Å². The molecule has 1 amide bonds. The van der Waals surface area contributed by atoms with E-state index in [1.165, 1.54) is 0 Å². The number of rotatable bonds is 6. The number of nitrogens with zero attached hydrogens (tertiary/aromatic N) is 1. The van der Waals surface area contributed by atoms with Crippen molar-refractivity contribution in [1.29, 1.82) is 0 Å². The van der Waals surface area contributed by atoms with E-state index in [2.05, 4.69) is 26.5 Å². The summed E-state index contributed by atoms with van der Waals surface area (Å²) in [6.07, 6.45) is 0. The van der Waals surface area contributed by atoms with Gasteiger partial charge in [-0.15, -0.1) is 0 Å². The predicted molar refractivity (Wildman–Crippen MR) is 116 cm³/mol. The summed E-state index contributed by atoms with van der Waals surface area (Å²) in [6.45, 7) is 2.28. The molecular formula is C22H18BrClN2O2. The maximum absolute atomic E-state index is 12.3. The lowest BCUT2D eigenvalue weighted by Gasteiger charge is -2.07. The number of hydrogen-bond acceptors (Lipinski definition) is 3. The van der Waals surface area contributed by atoms with Gasteiger partial charge < -0.3 is 4.74 Å². The molecule has 0 aliphatic carbocycles. The molecule has 3 aromatic rings. The van der Waals surface area contributed by atoms with E-state index in [-0.39, 0.29) is 5.91 Å². The first-order valence-electron chi connectivity index (χ1n) is 8.59. The van der Waals surface area contributed by atoms with Gasteiger partial charge in [0.05, 0.1) is 5.71 Å². The summed E-state index contributed by atoms with van der Waals surface area (Å²) in [5.74, 6) is 0.410. The summed E-state index contributed by atoms with van der Waals surface area (Å²) in [5.41, 5.74) is 5.72. The number of amides is 1. The number of hydrogen-bond donors (Lipinski definition) is 1. The van der Waals surface area contributed by atoms with Gasteiger partial charge in [0.2, 0.25) is 0 Å². The Balaban J connectivity index is 1.56. The molecule has 3 rings (SSSR count). The highest BCUT2D eigenvalue weighted by Gasteiger charge is 2.06. The standard InChI is InChI=1S/C22H18BrClN2O2/c1-15(17-4-10-20(24)11-5-17)25-26-22(27)18-6-12-21(13-7-18)28-14-16-2-8-19(23)9-3-16/h2-13H,14H2,1H3,(H,26,27)/b25-15-. The van der Waals surface area contributed by atoms with Crippen LogP contribution < -0.4 is 10.2 Å². The average molecular weight is 458 g/mol. The highest BCUT2D eigenvalue weighted by Crippen LogP contribution is 2.16. The Morgan fingerprint density at radius 1 is 0.964 bits per heavy atom. The number of hydrazone groups is 1. The Kier molecular flexibility index (Phi) is 6.85. The molecule has 142 valence electrons. The van der Waals surface area contributed by atoms with Crippen molar-refractivity contribution in [2.24, 2.45) is 5.10 Å². The number of halogens is 2. The van der Waals surface area contributed by atoms with Crippen LogP contribution in [0.3, 0.4) is 0 Å². The zero-order chi connectivity index (χ0) is 19.9. The van der Waals surface area contributed by atoms with Gasteiger partial charge in [-0.3, -0.25) is 4.79 Å². The minimum Gasteiger partial charge on any atom is -0.489 e. The summed E-state index contributed by atoms with van der Waals surface area (Å²) in [6, 6.07) is 22.1. The molecule has 0 unspecified atom stereocenters. The highest BCUT2D eigenvalue weighted by molar-refractivity contribution is 9.10. The fraction of sp³-hybridized carbons (Fsp3) is 0.0909. The molecule has 28 heavy (non-hydrogen) atoms. The van der Waals surface area contributed by atoms with Gasteiger partial charge >= 0.3 is 0 Å². The van der Waals surface area contributed by atoms with Gasteiger partial charge in [-0.25, -0.2) is 5.43 Å². The van der Waals surface area contributed by atoms with Crippen LogP contribution in [0.15, 0.2) is 82.4 Å². The second-order valence-corrected chi connectivity index (χ2v) is 7.44. The highest BCUT2D eigenvalue weighted by atomic mass is 79.9. The summed E-state index contributed by atoms with van der Waals surface area (Å²) >= 11 is 9.29. The molecule has 0 heterocycles. The fourth-order valence-corrected chi connectivity index (χ4v) is 2.79. The molecule has 0 aliphatic rings. The molecule has 0 radical (unpaired) electrons. The van der Waals surface area contributed by atoms with Crippen LogP contribution >= 0.6 is 27.5 Å². The maximum Gasteiger partial charge on any atom is 0.271 e. The van der Waals surface area contributed by atoms with E-state index in [0.717, 1.165) is 15.6 Å². The van der Waals surface area contributed by atoms with Crippen LogP contribution in [-0.4, -0.2) is 11.6 Å². The zero-order valence-corrected chi connectivity index (χ0v) is 17.5. The van der Waals surface area contributed by atoms with Crippen molar-refractivity contribution in [3.63, 3.8) is 0 Å². The van der Waals surface area contributed by atoms with Crippen LogP contribution in [0, 0.1) is 0 Å². The second kappa shape index (κ2) is 9.53. The summed E-state index contributed by atoms with van der Waals surface area (Å²) in [7, 11) is 0. The molecule has 4 nitrogen and oxygen atoms in total. The van der Waals surface area contributed by atoms with Crippen molar-refractivity contribution >= 4 is 39.1 Å². The van der Waals surface area contributed by atoms with Gasteiger partial charge in [-0.1, -0.05) is 51.8 Å². The van der Waals surface area contributed by atoms with E-state index >= 15 is 0 Å².